The third kappa shape index (κ3) is 4.04. The third-order valence-electron chi connectivity index (χ3n) is 1.86. The van der Waals surface area contributed by atoms with E-state index in [0.717, 1.165) is 0 Å². The number of carbonyl (C=O) groups is 1. The zero-order valence-corrected chi connectivity index (χ0v) is 8.65. The van der Waals surface area contributed by atoms with Crippen molar-refractivity contribution in [3.63, 3.8) is 0 Å². The molecule has 0 saturated heterocycles. The van der Waals surface area contributed by atoms with Crippen LogP contribution in [0.25, 0.3) is 0 Å². The Labute approximate surface area is 83.6 Å². The number of carbonyl (C=O) groups excluding carboxylic acids is 1. The molecule has 0 aliphatic rings. The van der Waals surface area contributed by atoms with Gasteiger partial charge in [-0.2, -0.15) is 0 Å². The largest absolute Gasteiger partial charge is 0.463 e. The highest BCUT2D eigenvalue weighted by atomic mass is 16.6. The van der Waals surface area contributed by atoms with Gasteiger partial charge >= 0.3 is 5.97 Å². The summed E-state index contributed by atoms with van der Waals surface area (Å²) in [5, 5.41) is 17.7. The molecule has 5 heteroatoms. The highest BCUT2D eigenvalue weighted by Crippen LogP contribution is 2.16. The fourth-order valence-electron chi connectivity index (χ4n) is 0.691. The molecule has 2 N–H and O–H groups in total. The lowest BCUT2D eigenvalue weighted by Gasteiger charge is -2.21. The maximum atomic E-state index is 11.3. The normalized spacial score (nSPS) is 11.4. The molecule has 0 aromatic rings. The van der Waals surface area contributed by atoms with Crippen LogP contribution in [0.15, 0.2) is 0 Å². The minimum atomic E-state index is -1.22. The number of esters is 1. The van der Waals surface area contributed by atoms with Gasteiger partial charge in [-0.15, -0.1) is 0 Å². The van der Waals surface area contributed by atoms with Gasteiger partial charge in [-0.05, 0) is 13.8 Å². The first-order valence-corrected chi connectivity index (χ1v) is 4.57. The van der Waals surface area contributed by atoms with Gasteiger partial charge in [-0.25, -0.2) is 0 Å². The van der Waals surface area contributed by atoms with Crippen LogP contribution in [0.3, 0.4) is 0 Å². The lowest BCUT2D eigenvalue weighted by atomic mass is 9.93. The number of hydrogen-bond donors (Lipinski definition) is 2. The lowest BCUT2D eigenvalue weighted by molar-refractivity contribution is -0.161. The minimum Gasteiger partial charge on any atom is -0.463 e. The predicted octanol–water partition coefficient (Wildman–Crippen LogP) is -0.443. The molecule has 0 amide bonds. The molecule has 14 heavy (non-hydrogen) atoms. The highest BCUT2D eigenvalue weighted by Gasteiger charge is 2.33. The van der Waals surface area contributed by atoms with E-state index in [1.165, 1.54) is 6.92 Å². The Balaban J connectivity index is 3.82. The maximum absolute atomic E-state index is 11.3. The van der Waals surface area contributed by atoms with Crippen molar-refractivity contribution in [2.45, 2.75) is 13.8 Å². The van der Waals surface area contributed by atoms with Crippen LogP contribution in [0, 0.1) is 5.41 Å². The summed E-state index contributed by atoms with van der Waals surface area (Å²) < 4.78 is 9.77. The maximum Gasteiger partial charge on any atom is 0.316 e. The molecule has 84 valence electrons. The van der Waals surface area contributed by atoms with Crippen molar-refractivity contribution in [2.75, 3.05) is 33.0 Å². The second-order valence-corrected chi connectivity index (χ2v) is 3.21. The first kappa shape index (κ1) is 13.4. The highest BCUT2D eigenvalue weighted by molar-refractivity contribution is 5.76. The quantitative estimate of drug-likeness (QED) is 0.436. The van der Waals surface area contributed by atoms with Crippen LogP contribution in [0.4, 0.5) is 0 Å². The SMILES string of the molecule is CCOCCOC(=O)C(C)(CO)CO. The molecule has 0 rings (SSSR count). The van der Waals surface area contributed by atoms with Crippen molar-refractivity contribution in [3.05, 3.63) is 0 Å². The van der Waals surface area contributed by atoms with Gasteiger partial charge in [-0.1, -0.05) is 0 Å². The summed E-state index contributed by atoms with van der Waals surface area (Å²) in [6.07, 6.45) is 0. The molecule has 0 heterocycles. The van der Waals surface area contributed by atoms with Gasteiger partial charge in [0.2, 0.25) is 0 Å². The van der Waals surface area contributed by atoms with Gasteiger partial charge < -0.3 is 19.7 Å². The molecule has 0 unspecified atom stereocenters. The topological polar surface area (TPSA) is 76.0 Å². The number of hydrogen-bond acceptors (Lipinski definition) is 5. The van der Waals surface area contributed by atoms with Crippen molar-refractivity contribution in [3.8, 4) is 0 Å². The van der Waals surface area contributed by atoms with Crippen molar-refractivity contribution in [2.24, 2.45) is 5.41 Å². The van der Waals surface area contributed by atoms with E-state index in [4.69, 9.17) is 19.7 Å². The van der Waals surface area contributed by atoms with Crippen molar-refractivity contribution in [1.29, 1.82) is 0 Å². The van der Waals surface area contributed by atoms with Crippen LogP contribution in [0.1, 0.15) is 13.8 Å². The fraction of sp³-hybridized carbons (Fsp3) is 0.889. The summed E-state index contributed by atoms with van der Waals surface area (Å²) in [6, 6.07) is 0. The van der Waals surface area contributed by atoms with Gasteiger partial charge in [0.15, 0.2) is 0 Å². The van der Waals surface area contributed by atoms with Crippen molar-refractivity contribution in [1.82, 2.24) is 0 Å². The zero-order chi connectivity index (χ0) is 11.0. The summed E-state index contributed by atoms with van der Waals surface area (Å²) in [5.41, 5.74) is -1.22. The summed E-state index contributed by atoms with van der Waals surface area (Å²) in [6.45, 7) is 3.45. The first-order chi connectivity index (χ1) is 6.60. The van der Waals surface area contributed by atoms with E-state index in [2.05, 4.69) is 0 Å². The van der Waals surface area contributed by atoms with Gasteiger partial charge in [0.25, 0.3) is 0 Å². The number of ether oxygens (including phenoxy) is 2. The summed E-state index contributed by atoms with van der Waals surface area (Å²) in [7, 11) is 0. The van der Waals surface area contributed by atoms with Gasteiger partial charge in [0, 0.05) is 6.61 Å². The van der Waals surface area contributed by atoms with Gasteiger partial charge in [0.1, 0.15) is 12.0 Å². The van der Waals surface area contributed by atoms with E-state index in [1.807, 2.05) is 6.92 Å². The van der Waals surface area contributed by atoms with Crippen LogP contribution >= 0.6 is 0 Å². The Morgan fingerprint density at radius 2 is 1.86 bits per heavy atom. The average molecular weight is 206 g/mol. The minimum absolute atomic E-state index is 0.141. The number of aliphatic hydroxyl groups is 2. The van der Waals surface area contributed by atoms with Crippen LogP contribution in [0.5, 0.6) is 0 Å². The summed E-state index contributed by atoms with van der Waals surface area (Å²) in [5.74, 6) is -0.609. The van der Waals surface area contributed by atoms with E-state index in [0.29, 0.717) is 13.2 Å². The monoisotopic (exact) mass is 206 g/mol. The Bertz CT molecular complexity index is 165. The van der Waals surface area contributed by atoms with Crippen LogP contribution in [-0.2, 0) is 14.3 Å². The van der Waals surface area contributed by atoms with E-state index in [9.17, 15) is 4.79 Å². The molecule has 0 atom stereocenters. The summed E-state index contributed by atoms with van der Waals surface area (Å²) in [4.78, 5) is 11.3. The lowest BCUT2D eigenvalue weighted by Crippen LogP contribution is -2.37. The molecule has 0 saturated carbocycles. The fourth-order valence-corrected chi connectivity index (χ4v) is 0.691. The first-order valence-electron chi connectivity index (χ1n) is 4.57. The van der Waals surface area contributed by atoms with E-state index in [1.54, 1.807) is 0 Å². The molecule has 0 fully saturated rings. The van der Waals surface area contributed by atoms with Crippen molar-refractivity contribution < 1.29 is 24.5 Å². The van der Waals surface area contributed by atoms with Gasteiger partial charge in [-0.3, -0.25) is 4.79 Å². The van der Waals surface area contributed by atoms with E-state index < -0.39 is 24.6 Å². The van der Waals surface area contributed by atoms with Crippen LogP contribution < -0.4 is 0 Å². The molecule has 0 aromatic heterocycles. The predicted molar refractivity (Wildman–Crippen MR) is 49.7 cm³/mol. The molecule has 0 aromatic carbocycles. The van der Waals surface area contributed by atoms with Crippen LogP contribution in [-0.4, -0.2) is 49.2 Å². The van der Waals surface area contributed by atoms with E-state index >= 15 is 0 Å². The third-order valence-corrected chi connectivity index (χ3v) is 1.86. The van der Waals surface area contributed by atoms with E-state index in [-0.39, 0.29) is 6.61 Å². The second kappa shape index (κ2) is 6.75. The molecule has 0 spiro atoms. The van der Waals surface area contributed by atoms with Crippen molar-refractivity contribution >= 4 is 5.97 Å². The Morgan fingerprint density at radius 1 is 1.29 bits per heavy atom. The molecule has 0 aliphatic carbocycles. The number of rotatable bonds is 7. The molecule has 0 bridgehead atoms. The summed E-state index contributed by atoms with van der Waals surface area (Å²) >= 11 is 0. The zero-order valence-electron chi connectivity index (χ0n) is 8.65. The Hall–Kier alpha value is -0.650. The Kier molecular flexibility index (Phi) is 6.44. The Morgan fingerprint density at radius 3 is 2.29 bits per heavy atom. The standard InChI is InChI=1S/C9H18O5/c1-3-13-4-5-14-8(12)9(2,6-10)7-11/h10-11H,3-7H2,1-2H3. The molecule has 5 nitrogen and oxygen atoms in total. The smallest absolute Gasteiger partial charge is 0.316 e. The van der Waals surface area contributed by atoms with Gasteiger partial charge in [0.05, 0.1) is 19.8 Å². The number of aliphatic hydroxyl groups excluding tert-OH is 2. The second-order valence-electron chi connectivity index (χ2n) is 3.21. The molecular weight excluding hydrogens is 188 g/mol. The molecular formula is C9H18O5. The molecule has 0 radical (unpaired) electrons. The molecule has 0 aliphatic heterocycles. The van der Waals surface area contributed by atoms with Crippen LogP contribution in [0.2, 0.25) is 0 Å². The average Bonchev–Trinajstić information content (AvgIpc) is 2.22.